The normalized spacial score (nSPS) is 12.2. The molecule has 0 atom stereocenters. The van der Waals surface area contributed by atoms with E-state index in [1.54, 1.807) is 79.0 Å². The van der Waals surface area contributed by atoms with E-state index in [0.29, 0.717) is 53.4 Å². The van der Waals surface area contributed by atoms with Gasteiger partial charge in [0.2, 0.25) is 0 Å². The number of rotatable bonds is 12. The molecule has 7 heteroatoms. The van der Waals surface area contributed by atoms with Crippen LogP contribution in [0.4, 0.5) is 0 Å². The van der Waals surface area contributed by atoms with Gasteiger partial charge < -0.3 is 18.9 Å². The maximum Gasteiger partial charge on any atom is 0.316 e. The van der Waals surface area contributed by atoms with E-state index in [2.05, 4.69) is 0 Å². The second-order valence-corrected chi connectivity index (χ2v) is 12.0. The van der Waals surface area contributed by atoms with Crippen LogP contribution in [0, 0.1) is 10.8 Å². The molecule has 2 aromatic carbocycles. The molecule has 0 N–H and O–H groups in total. The quantitative estimate of drug-likeness (QED) is 0.0811. The molecule has 0 heterocycles. The highest BCUT2D eigenvalue weighted by Gasteiger charge is 2.30. The largest absolute Gasteiger partial charge is 0.496 e. The lowest BCUT2D eigenvalue weighted by molar-refractivity contribution is -0.143. The number of ether oxygens (including phenoxy) is 4. The maximum absolute atomic E-state index is 13.3. The number of benzene rings is 2. The molecule has 0 unspecified atom stereocenters. The van der Waals surface area contributed by atoms with Crippen molar-refractivity contribution in [2.75, 3.05) is 13.7 Å². The number of allylic oxidation sites excluding steroid dienone is 5. The summed E-state index contributed by atoms with van der Waals surface area (Å²) in [6, 6.07) is 6.38. The van der Waals surface area contributed by atoms with E-state index in [1.807, 2.05) is 45.1 Å². The predicted octanol–water partition coefficient (Wildman–Crippen LogP) is 8.13. The number of esters is 2. The van der Waals surface area contributed by atoms with Gasteiger partial charge in [-0.15, -0.1) is 0 Å². The van der Waals surface area contributed by atoms with Crippen LogP contribution in [0.3, 0.4) is 0 Å². The van der Waals surface area contributed by atoms with Gasteiger partial charge in [0.05, 0.1) is 30.1 Å². The van der Waals surface area contributed by atoms with Gasteiger partial charge in [0.1, 0.15) is 23.0 Å². The average molecular weight is 591 g/mol. The van der Waals surface area contributed by atoms with Crippen molar-refractivity contribution < 1.29 is 33.3 Å². The monoisotopic (exact) mass is 590 g/mol. The summed E-state index contributed by atoms with van der Waals surface area (Å²) in [4.78, 5) is 38.8. The van der Waals surface area contributed by atoms with Gasteiger partial charge in [-0.1, -0.05) is 24.3 Å². The third kappa shape index (κ3) is 9.43. The van der Waals surface area contributed by atoms with Crippen LogP contribution >= 0.6 is 0 Å². The van der Waals surface area contributed by atoms with Crippen molar-refractivity contribution in [3.8, 4) is 23.0 Å². The Balaban J connectivity index is 2.74. The molecule has 232 valence electrons. The van der Waals surface area contributed by atoms with E-state index in [1.165, 1.54) is 6.08 Å². The van der Waals surface area contributed by atoms with Gasteiger partial charge in [-0.05, 0) is 112 Å². The van der Waals surface area contributed by atoms with Crippen molar-refractivity contribution in [1.29, 1.82) is 0 Å². The minimum absolute atomic E-state index is 0.287. The van der Waals surface area contributed by atoms with E-state index >= 15 is 0 Å². The molecule has 2 aromatic rings. The SMILES string of the molecule is CC=CCc1c(OCC)c(C=CC(=O)c2ccc(OC(=O)C(C)(C)C)cc2)c(OC(=O)C(C)(C)C)c(CC=CC)c1OC. The zero-order valence-corrected chi connectivity index (χ0v) is 27.3. The molecule has 0 radical (unpaired) electrons. The van der Waals surface area contributed by atoms with Gasteiger partial charge in [0.15, 0.2) is 5.78 Å². The summed E-state index contributed by atoms with van der Waals surface area (Å²) < 4.78 is 23.6. The van der Waals surface area contributed by atoms with Crippen molar-refractivity contribution in [1.82, 2.24) is 0 Å². The first-order chi connectivity index (χ1) is 20.2. The Morgan fingerprint density at radius 1 is 0.744 bits per heavy atom. The molecule has 0 saturated carbocycles. The lowest BCUT2D eigenvalue weighted by Crippen LogP contribution is -2.26. The first-order valence-corrected chi connectivity index (χ1v) is 14.6. The summed E-state index contributed by atoms with van der Waals surface area (Å²) in [6.45, 7) is 16.7. The number of hydrogen-bond acceptors (Lipinski definition) is 7. The zero-order valence-electron chi connectivity index (χ0n) is 27.3. The molecule has 0 bridgehead atoms. The summed E-state index contributed by atoms with van der Waals surface area (Å²) in [5.74, 6) is 0.608. The fraction of sp³-hybridized carbons (Fsp3) is 0.417. The minimum atomic E-state index is -0.782. The third-order valence-electron chi connectivity index (χ3n) is 6.36. The van der Waals surface area contributed by atoms with E-state index in [4.69, 9.17) is 18.9 Å². The highest BCUT2D eigenvalue weighted by Crippen LogP contribution is 2.46. The summed E-state index contributed by atoms with van der Waals surface area (Å²) in [7, 11) is 1.58. The fourth-order valence-corrected chi connectivity index (χ4v) is 3.93. The standard InChI is InChI=1S/C36H46O7/c1-11-14-16-26-30(40-10)27(17-15-12-2)32(43-34(39)36(7,8)9)28(31(26)41-13-3)22-23-29(37)24-18-20-25(21-19-24)42-33(38)35(4,5)6/h11-12,14-15,18-23H,13,16-17H2,1-10H3. The maximum atomic E-state index is 13.3. The molecule has 0 amide bonds. The Morgan fingerprint density at radius 2 is 1.26 bits per heavy atom. The second-order valence-electron chi connectivity index (χ2n) is 12.0. The van der Waals surface area contributed by atoms with Gasteiger partial charge in [-0.2, -0.15) is 0 Å². The average Bonchev–Trinajstić information content (AvgIpc) is 2.94. The van der Waals surface area contributed by atoms with E-state index in [-0.39, 0.29) is 17.5 Å². The van der Waals surface area contributed by atoms with E-state index in [0.717, 1.165) is 5.56 Å². The Labute approximate surface area is 256 Å². The molecule has 0 fully saturated rings. The van der Waals surface area contributed by atoms with Crippen LogP contribution in [0.15, 0.2) is 54.6 Å². The summed E-state index contributed by atoms with van der Waals surface area (Å²) in [5, 5.41) is 0. The van der Waals surface area contributed by atoms with Crippen LogP contribution in [-0.4, -0.2) is 31.4 Å². The van der Waals surface area contributed by atoms with Crippen LogP contribution in [0.5, 0.6) is 23.0 Å². The van der Waals surface area contributed by atoms with Crippen molar-refractivity contribution in [3.05, 3.63) is 76.9 Å². The topological polar surface area (TPSA) is 88.1 Å². The minimum Gasteiger partial charge on any atom is -0.496 e. The molecule has 0 saturated heterocycles. The summed E-state index contributed by atoms with van der Waals surface area (Å²) >= 11 is 0. The molecule has 0 aliphatic carbocycles. The van der Waals surface area contributed by atoms with Gasteiger partial charge in [0.25, 0.3) is 0 Å². The first kappa shape index (κ1) is 35.1. The number of carbonyl (C=O) groups excluding carboxylic acids is 3. The highest BCUT2D eigenvalue weighted by atomic mass is 16.5. The molecule has 0 spiro atoms. The molecular formula is C36H46O7. The van der Waals surface area contributed by atoms with Crippen molar-refractivity contribution in [2.45, 2.75) is 75.2 Å². The van der Waals surface area contributed by atoms with Crippen LogP contribution in [0.1, 0.15) is 89.4 Å². The number of hydrogen-bond donors (Lipinski definition) is 0. The zero-order chi connectivity index (χ0) is 32.4. The highest BCUT2D eigenvalue weighted by molar-refractivity contribution is 6.07. The van der Waals surface area contributed by atoms with Gasteiger partial charge in [-0.25, -0.2) is 0 Å². The Bertz CT molecular complexity index is 1380. The third-order valence-corrected chi connectivity index (χ3v) is 6.36. The molecule has 7 nitrogen and oxygen atoms in total. The van der Waals surface area contributed by atoms with Gasteiger partial charge in [-0.3, -0.25) is 14.4 Å². The molecule has 43 heavy (non-hydrogen) atoms. The van der Waals surface area contributed by atoms with E-state index < -0.39 is 16.8 Å². The molecule has 0 aromatic heterocycles. The van der Waals surface area contributed by atoms with Crippen molar-refractivity contribution in [3.63, 3.8) is 0 Å². The first-order valence-electron chi connectivity index (χ1n) is 14.6. The van der Waals surface area contributed by atoms with Crippen molar-refractivity contribution in [2.24, 2.45) is 10.8 Å². The molecular weight excluding hydrogens is 544 g/mol. The van der Waals surface area contributed by atoms with Crippen LogP contribution in [-0.2, 0) is 22.4 Å². The second kappa shape index (κ2) is 15.4. The summed E-state index contributed by atoms with van der Waals surface area (Å²) in [6.07, 6.45) is 11.8. The van der Waals surface area contributed by atoms with Crippen LogP contribution in [0.25, 0.3) is 6.08 Å². The number of ketones is 1. The Kier molecular flexibility index (Phi) is 12.5. The smallest absolute Gasteiger partial charge is 0.316 e. The number of carbonyl (C=O) groups is 3. The Morgan fingerprint density at radius 3 is 1.72 bits per heavy atom. The Hall–Kier alpha value is -4.13. The van der Waals surface area contributed by atoms with Gasteiger partial charge in [0, 0.05) is 16.7 Å². The van der Waals surface area contributed by atoms with Crippen molar-refractivity contribution >= 4 is 23.8 Å². The summed E-state index contributed by atoms with van der Waals surface area (Å²) in [5.41, 5.74) is 0.903. The molecule has 2 rings (SSSR count). The van der Waals surface area contributed by atoms with Crippen LogP contribution < -0.4 is 18.9 Å². The molecule has 0 aliphatic rings. The van der Waals surface area contributed by atoms with E-state index in [9.17, 15) is 14.4 Å². The van der Waals surface area contributed by atoms with Gasteiger partial charge >= 0.3 is 11.9 Å². The number of methoxy groups -OCH3 is 1. The fourth-order valence-electron chi connectivity index (χ4n) is 3.93. The predicted molar refractivity (Wildman–Crippen MR) is 171 cm³/mol. The lowest BCUT2D eigenvalue weighted by atomic mass is 9.94. The molecule has 0 aliphatic heterocycles. The lowest BCUT2D eigenvalue weighted by Gasteiger charge is -2.25. The van der Waals surface area contributed by atoms with Crippen LogP contribution in [0.2, 0.25) is 0 Å².